The Labute approximate surface area is 113 Å². The fraction of sp³-hybridized carbons (Fsp3) is 0.714. The van der Waals surface area contributed by atoms with E-state index < -0.39 is 11.2 Å². The highest BCUT2D eigenvalue weighted by atomic mass is 16.3. The Morgan fingerprint density at radius 1 is 1.00 bits per heavy atom. The van der Waals surface area contributed by atoms with Crippen molar-refractivity contribution in [1.29, 1.82) is 0 Å². The summed E-state index contributed by atoms with van der Waals surface area (Å²) in [6.07, 6.45) is 6.70. The lowest BCUT2D eigenvalue weighted by molar-refractivity contribution is 0.382. The van der Waals surface area contributed by atoms with Gasteiger partial charge in [0.2, 0.25) is 5.88 Å². The summed E-state index contributed by atoms with van der Waals surface area (Å²) in [6.45, 7) is 4.71. The average molecular weight is 268 g/mol. The molecule has 0 aliphatic carbocycles. The fourth-order valence-electron chi connectivity index (χ4n) is 2.16. The van der Waals surface area contributed by atoms with E-state index in [0.717, 1.165) is 29.9 Å². The van der Waals surface area contributed by atoms with Crippen LogP contribution in [0.25, 0.3) is 0 Å². The minimum Gasteiger partial charge on any atom is -0.494 e. The molecule has 0 aromatic carbocycles. The van der Waals surface area contributed by atoms with Crippen molar-refractivity contribution < 1.29 is 5.11 Å². The van der Waals surface area contributed by atoms with Gasteiger partial charge in [-0.25, -0.2) is 4.79 Å². The molecule has 1 heterocycles. The van der Waals surface area contributed by atoms with Gasteiger partial charge in [0.15, 0.2) is 0 Å². The second-order valence-corrected chi connectivity index (χ2v) is 4.79. The van der Waals surface area contributed by atoms with Crippen molar-refractivity contribution in [1.82, 2.24) is 9.13 Å². The van der Waals surface area contributed by atoms with Gasteiger partial charge in [-0.05, 0) is 13.3 Å². The van der Waals surface area contributed by atoms with Crippen LogP contribution in [-0.2, 0) is 13.1 Å². The Hall–Kier alpha value is -1.52. The van der Waals surface area contributed by atoms with Crippen LogP contribution in [0.3, 0.4) is 0 Å². The fourth-order valence-corrected chi connectivity index (χ4v) is 2.16. The van der Waals surface area contributed by atoms with Gasteiger partial charge in [-0.15, -0.1) is 0 Å². The van der Waals surface area contributed by atoms with Crippen molar-refractivity contribution in [2.45, 2.75) is 65.5 Å². The maximum absolute atomic E-state index is 12.0. The van der Waals surface area contributed by atoms with Crippen LogP contribution in [0.5, 0.6) is 5.88 Å². The van der Waals surface area contributed by atoms with E-state index in [2.05, 4.69) is 6.92 Å². The Balaban J connectivity index is 2.64. The van der Waals surface area contributed by atoms with Gasteiger partial charge in [0.25, 0.3) is 5.56 Å². The summed E-state index contributed by atoms with van der Waals surface area (Å²) in [5.41, 5.74) is -0.856. The Bertz CT molecular complexity index is 502. The largest absolute Gasteiger partial charge is 0.494 e. The number of hydrogen-bond acceptors (Lipinski definition) is 3. The van der Waals surface area contributed by atoms with E-state index in [1.54, 1.807) is 6.92 Å². The highest BCUT2D eigenvalue weighted by molar-refractivity contribution is 5.06. The summed E-state index contributed by atoms with van der Waals surface area (Å²) in [7, 11) is 0. The summed E-state index contributed by atoms with van der Waals surface area (Å²) >= 11 is 0. The van der Waals surface area contributed by atoms with Crippen LogP contribution < -0.4 is 11.2 Å². The predicted octanol–water partition coefficient (Wildman–Crippen LogP) is 2.10. The third-order valence-corrected chi connectivity index (χ3v) is 3.31. The lowest BCUT2D eigenvalue weighted by Crippen LogP contribution is -2.38. The standard InChI is InChI=1S/C14H24N2O3/c1-3-5-6-7-8-9-10-16-13(18)11-12(17)15(4-2)14(16)19/h11,18H,3-10H2,1-2H3. The lowest BCUT2D eigenvalue weighted by atomic mass is 10.1. The van der Waals surface area contributed by atoms with Gasteiger partial charge in [-0.1, -0.05) is 39.0 Å². The van der Waals surface area contributed by atoms with Gasteiger partial charge in [-0.3, -0.25) is 13.9 Å². The van der Waals surface area contributed by atoms with Crippen LogP contribution in [0, 0.1) is 0 Å². The summed E-state index contributed by atoms with van der Waals surface area (Å²) in [4.78, 5) is 23.5. The van der Waals surface area contributed by atoms with E-state index in [1.165, 1.54) is 23.8 Å². The first-order valence-electron chi connectivity index (χ1n) is 7.15. The van der Waals surface area contributed by atoms with Crippen LogP contribution in [0.4, 0.5) is 0 Å². The minimum absolute atomic E-state index is 0.228. The molecule has 5 heteroatoms. The summed E-state index contributed by atoms with van der Waals surface area (Å²) < 4.78 is 2.42. The SMILES string of the molecule is CCCCCCCCn1c(O)cc(=O)n(CC)c1=O. The Kier molecular flexibility index (Phi) is 6.39. The molecular weight excluding hydrogens is 244 g/mol. The average Bonchev–Trinajstić information content (AvgIpc) is 2.37. The second-order valence-electron chi connectivity index (χ2n) is 4.79. The number of rotatable bonds is 8. The van der Waals surface area contributed by atoms with E-state index in [-0.39, 0.29) is 5.88 Å². The number of hydrogen-bond donors (Lipinski definition) is 1. The summed E-state index contributed by atoms with van der Waals surface area (Å²) in [5, 5.41) is 9.68. The van der Waals surface area contributed by atoms with Crippen LogP contribution in [0.1, 0.15) is 52.4 Å². The molecule has 0 bridgehead atoms. The van der Waals surface area contributed by atoms with Gasteiger partial charge >= 0.3 is 5.69 Å². The molecule has 108 valence electrons. The highest BCUT2D eigenvalue weighted by Gasteiger charge is 2.08. The minimum atomic E-state index is -0.441. The van der Waals surface area contributed by atoms with Crippen LogP contribution in [0.2, 0.25) is 0 Å². The van der Waals surface area contributed by atoms with E-state index in [0.29, 0.717) is 13.1 Å². The first-order valence-corrected chi connectivity index (χ1v) is 7.15. The van der Waals surface area contributed by atoms with Gasteiger partial charge in [-0.2, -0.15) is 0 Å². The molecule has 0 spiro atoms. The molecular formula is C14H24N2O3. The molecule has 1 rings (SSSR count). The molecule has 0 unspecified atom stereocenters. The zero-order valence-corrected chi connectivity index (χ0v) is 11.9. The predicted molar refractivity (Wildman–Crippen MR) is 75.7 cm³/mol. The van der Waals surface area contributed by atoms with Crippen molar-refractivity contribution >= 4 is 0 Å². The van der Waals surface area contributed by atoms with Gasteiger partial charge in [0.1, 0.15) is 0 Å². The van der Waals surface area contributed by atoms with Gasteiger partial charge < -0.3 is 5.11 Å². The first kappa shape index (κ1) is 15.5. The van der Waals surface area contributed by atoms with Gasteiger partial charge in [0, 0.05) is 13.1 Å². The first-order chi connectivity index (χ1) is 9.11. The zero-order chi connectivity index (χ0) is 14.3. The smallest absolute Gasteiger partial charge is 0.333 e. The summed E-state index contributed by atoms with van der Waals surface area (Å²) in [5.74, 6) is -0.228. The molecule has 0 aliphatic rings. The molecule has 1 aromatic heterocycles. The number of aromatic nitrogens is 2. The van der Waals surface area contributed by atoms with Crippen molar-refractivity contribution in [2.24, 2.45) is 0 Å². The van der Waals surface area contributed by atoms with Crippen molar-refractivity contribution in [3.05, 3.63) is 26.9 Å². The maximum Gasteiger partial charge on any atom is 0.333 e. The molecule has 0 amide bonds. The monoisotopic (exact) mass is 268 g/mol. The molecule has 0 saturated carbocycles. The number of nitrogens with zero attached hydrogens (tertiary/aromatic N) is 2. The Morgan fingerprint density at radius 3 is 2.26 bits per heavy atom. The molecule has 0 fully saturated rings. The van der Waals surface area contributed by atoms with Crippen LogP contribution in [-0.4, -0.2) is 14.2 Å². The summed E-state index contributed by atoms with van der Waals surface area (Å²) in [6, 6.07) is 1.11. The van der Waals surface area contributed by atoms with Gasteiger partial charge in [0.05, 0.1) is 6.07 Å². The molecule has 19 heavy (non-hydrogen) atoms. The molecule has 1 N–H and O–H groups in total. The van der Waals surface area contributed by atoms with E-state index in [1.807, 2.05) is 0 Å². The molecule has 1 aromatic rings. The lowest BCUT2D eigenvalue weighted by Gasteiger charge is -2.10. The van der Waals surface area contributed by atoms with E-state index >= 15 is 0 Å². The maximum atomic E-state index is 12.0. The van der Waals surface area contributed by atoms with Crippen molar-refractivity contribution in [2.75, 3.05) is 0 Å². The van der Waals surface area contributed by atoms with Crippen molar-refractivity contribution in [3.8, 4) is 5.88 Å². The number of aromatic hydroxyl groups is 1. The normalized spacial score (nSPS) is 10.8. The number of unbranched alkanes of at least 4 members (excludes halogenated alkanes) is 5. The molecule has 0 atom stereocenters. The van der Waals surface area contributed by atoms with Crippen LogP contribution >= 0.6 is 0 Å². The van der Waals surface area contributed by atoms with E-state index in [9.17, 15) is 14.7 Å². The van der Waals surface area contributed by atoms with Crippen LogP contribution in [0.15, 0.2) is 15.7 Å². The quantitative estimate of drug-likeness (QED) is 0.734. The molecule has 0 radical (unpaired) electrons. The zero-order valence-electron chi connectivity index (χ0n) is 11.9. The van der Waals surface area contributed by atoms with E-state index in [4.69, 9.17) is 0 Å². The highest BCUT2D eigenvalue weighted by Crippen LogP contribution is 2.08. The topological polar surface area (TPSA) is 64.2 Å². The second kappa shape index (κ2) is 7.81. The van der Waals surface area contributed by atoms with Crippen molar-refractivity contribution in [3.63, 3.8) is 0 Å². The molecule has 0 aliphatic heterocycles. The molecule has 0 saturated heterocycles. The third kappa shape index (κ3) is 4.26. The Morgan fingerprint density at radius 2 is 1.63 bits per heavy atom. The molecule has 5 nitrogen and oxygen atoms in total. The third-order valence-electron chi connectivity index (χ3n) is 3.31.